The summed E-state index contributed by atoms with van der Waals surface area (Å²) in [5, 5.41) is 10.4. The average molecular weight is 640 g/mol. The minimum absolute atomic E-state index is 0.0885. The molecule has 3 saturated heterocycles. The standard InChI is InChI=1S/C34H44ClFN5O2P/c1-21-29(12-11-25(32(21)44)10-9-24-7-5-6-8-30(24)35)33(38-23(3)43-20-31-26-17-28(18-26)39(31)4)40-15-16-41(34(42)22(2)36)27(19-40)13-14-37/h5-8,25-28,31-32H,2-3,9-13,15-20,44H2,1,4H3/b38-33+. The predicted molar refractivity (Wildman–Crippen MR) is 177 cm³/mol. The molecule has 0 radical (unpaired) electrons. The largest absolute Gasteiger partial charge is 0.476 e. The first-order chi connectivity index (χ1) is 21.1. The Balaban J connectivity index is 1.37. The fourth-order valence-electron chi connectivity index (χ4n) is 7.46. The molecule has 5 atom stereocenters. The fourth-order valence-corrected chi connectivity index (χ4v) is 8.28. The van der Waals surface area contributed by atoms with Crippen molar-refractivity contribution in [1.82, 2.24) is 14.7 Å². The lowest BCUT2D eigenvalue weighted by molar-refractivity contribution is -0.132. The monoisotopic (exact) mass is 639 g/mol. The molecule has 236 valence electrons. The van der Waals surface area contributed by atoms with E-state index < -0.39 is 17.8 Å². The highest BCUT2D eigenvalue weighted by molar-refractivity contribution is 7.18. The van der Waals surface area contributed by atoms with E-state index in [9.17, 15) is 14.4 Å². The molecule has 1 aromatic carbocycles. The van der Waals surface area contributed by atoms with Gasteiger partial charge in [0, 0.05) is 36.7 Å². The van der Waals surface area contributed by atoms with E-state index in [4.69, 9.17) is 21.3 Å². The second-order valence-electron chi connectivity index (χ2n) is 12.7. The first kappa shape index (κ1) is 32.7. The molecule has 5 aliphatic rings. The number of carbonyl (C=O) groups is 1. The van der Waals surface area contributed by atoms with Gasteiger partial charge in [0.2, 0.25) is 5.88 Å². The summed E-state index contributed by atoms with van der Waals surface area (Å²) in [6, 6.07) is 10.8. The molecular formula is C34H44ClFN5O2P. The zero-order chi connectivity index (χ0) is 31.5. The molecule has 2 aliphatic carbocycles. The minimum atomic E-state index is -1.01. The predicted octanol–water partition coefficient (Wildman–Crippen LogP) is 6.13. The molecule has 2 bridgehead atoms. The Morgan fingerprint density at radius 3 is 2.68 bits per heavy atom. The molecule has 10 heteroatoms. The number of allylic oxidation sites excluding steroid dienone is 1. The van der Waals surface area contributed by atoms with Crippen LogP contribution in [0.15, 0.2) is 65.3 Å². The molecule has 3 heterocycles. The highest BCUT2D eigenvalue weighted by atomic mass is 35.5. The third-order valence-electron chi connectivity index (χ3n) is 10.3. The van der Waals surface area contributed by atoms with Crippen LogP contribution in [0, 0.1) is 23.2 Å². The average Bonchev–Trinajstić information content (AvgIpc) is 3.46. The lowest BCUT2D eigenvalue weighted by Gasteiger charge is -2.43. The minimum Gasteiger partial charge on any atom is -0.476 e. The third-order valence-corrected chi connectivity index (χ3v) is 11.7. The maximum atomic E-state index is 13.9. The van der Waals surface area contributed by atoms with Crippen LogP contribution in [0.2, 0.25) is 5.02 Å². The van der Waals surface area contributed by atoms with Crippen molar-refractivity contribution >= 4 is 32.6 Å². The van der Waals surface area contributed by atoms with Crippen molar-refractivity contribution in [3.8, 4) is 6.07 Å². The maximum absolute atomic E-state index is 13.9. The van der Waals surface area contributed by atoms with Crippen LogP contribution in [0.4, 0.5) is 4.39 Å². The van der Waals surface area contributed by atoms with Crippen molar-refractivity contribution in [3.63, 3.8) is 0 Å². The van der Waals surface area contributed by atoms with Gasteiger partial charge in [-0.15, -0.1) is 9.24 Å². The van der Waals surface area contributed by atoms with E-state index in [-0.39, 0.29) is 18.6 Å². The molecule has 0 spiro atoms. The van der Waals surface area contributed by atoms with Crippen LogP contribution < -0.4 is 0 Å². The zero-order valence-electron chi connectivity index (χ0n) is 25.9. The van der Waals surface area contributed by atoms with Crippen LogP contribution in [0.1, 0.15) is 51.0 Å². The summed E-state index contributed by atoms with van der Waals surface area (Å²) >= 11 is 6.44. The molecule has 1 aromatic rings. The molecule has 1 saturated carbocycles. The quantitative estimate of drug-likeness (QED) is 0.101. The summed E-state index contributed by atoms with van der Waals surface area (Å²) in [7, 11) is 5.23. The smallest absolute Gasteiger partial charge is 0.282 e. The van der Waals surface area contributed by atoms with Crippen LogP contribution >= 0.6 is 20.8 Å². The van der Waals surface area contributed by atoms with Gasteiger partial charge in [0.05, 0.1) is 18.5 Å². The Morgan fingerprint density at radius 2 is 2.02 bits per heavy atom. The Hall–Kier alpha value is -2.72. The van der Waals surface area contributed by atoms with Gasteiger partial charge in [0.15, 0.2) is 5.83 Å². The number of aliphatic imine (C=N–C) groups is 1. The number of rotatable bonds is 10. The second-order valence-corrected chi connectivity index (χ2v) is 13.9. The van der Waals surface area contributed by atoms with E-state index in [1.165, 1.54) is 28.9 Å². The van der Waals surface area contributed by atoms with Crippen LogP contribution in [0.3, 0.4) is 0 Å². The first-order valence-corrected chi connectivity index (χ1v) is 16.7. The number of halogens is 2. The number of hydrogen-bond donors (Lipinski definition) is 0. The SMILES string of the molecule is C=C(/N=C(\C1=C(C)C(P)C(CCc2ccccc2Cl)CC1)N1CCN(C(=O)C(=C)F)C(CC#N)C1)OCC1C2CC(C2)N1C. The van der Waals surface area contributed by atoms with Crippen molar-refractivity contribution < 1.29 is 13.9 Å². The Labute approximate surface area is 268 Å². The molecule has 44 heavy (non-hydrogen) atoms. The molecule has 1 amide bonds. The number of nitriles is 1. The summed E-state index contributed by atoms with van der Waals surface area (Å²) in [6.07, 6.45) is 6.35. The van der Waals surface area contributed by atoms with Gasteiger partial charge in [0.25, 0.3) is 5.91 Å². The van der Waals surface area contributed by atoms with Gasteiger partial charge < -0.3 is 14.5 Å². The highest BCUT2D eigenvalue weighted by Crippen LogP contribution is 2.45. The number of benzene rings is 1. The summed E-state index contributed by atoms with van der Waals surface area (Å²) in [4.78, 5) is 23.5. The van der Waals surface area contributed by atoms with E-state index in [0.717, 1.165) is 42.1 Å². The molecule has 4 fully saturated rings. The van der Waals surface area contributed by atoms with Gasteiger partial charge in [0.1, 0.15) is 12.4 Å². The van der Waals surface area contributed by atoms with Gasteiger partial charge in [-0.05, 0) is 93.8 Å². The molecule has 6 rings (SSSR count). The van der Waals surface area contributed by atoms with E-state index >= 15 is 0 Å². The molecular weight excluding hydrogens is 596 g/mol. The van der Waals surface area contributed by atoms with E-state index in [2.05, 4.69) is 58.3 Å². The van der Waals surface area contributed by atoms with Gasteiger partial charge in [-0.2, -0.15) is 10.3 Å². The number of ether oxygens (including phenoxy) is 1. The number of hydrogen-bond acceptors (Lipinski definition) is 5. The number of amidine groups is 1. The van der Waals surface area contributed by atoms with Crippen LogP contribution in [-0.4, -0.2) is 83.5 Å². The molecule has 7 nitrogen and oxygen atoms in total. The second kappa shape index (κ2) is 14.1. The highest BCUT2D eigenvalue weighted by Gasteiger charge is 2.48. The number of carbonyl (C=O) groups excluding carboxylic acids is 1. The number of fused-ring (bicyclic) bond motifs is 1. The Morgan fingerprint density at radius 1 is 1.27 bits per heavy atom. The fraction of sp³-hybridized carbons (Fsp3) is 0.559. The molecule has 3 aliphatic heterocycles. The van der Waals surface area contributed by atoms with Gasteiger partial charge in [-0.25, -0.2) is 4.39 Å². The number of nitrogens with zero attached hydrogens (tertiary/aromatic N) is 5. The van der Waals surface area contributed by atoms with Crippen LogP contribution in [0.5, 0.6) is 0 Å². The number of amides is 1. The topological polar surface area (TPSA) is 72.2 Å². The van der Waals surface area contributed by atoms with E-state index in [1.807, 2.05) is 18.2 Å². The van der Waals surface area contributed by atoms with Crippen LogP contribution in [0.25, 0.3) is 0 Å². The summed E-state index contributed by atoms with van der Waals surface area (Å²) < 4.78 is 20.0. The third kappa shape index (κ3) is 6.91. The number of likely N-dealkylation sites (N-methyl/N-ethyl adjacent to an activating group) is 1. The van der Waals surface area contributed by atoms with E-state index in [0.29, 0.717) is 49.5 Å². The number of aryl methyl sites for hydroxylation is 1. The van der Waals surface area contributed by atoms with Crippen LogP contribution in [-0.2, 0) is 16.0 Å². The lowest BCUT2D eigenvalue weighted by Crippen LogP contribution is -2.57. The summed E-state index contributed by atoms with van der Waals surface area (Å²) in [6.45, 7) is 11.2. The number of piperazine rings is 1. The van der Waals surface area contributed by atoms with Crippen molar-refractivity contribution in [3.05, 3.63) is 70.9 Å². The molecule has 5 unspecified atom stereocenters. The normalized spacial score (nSPS) is 28.9. The zero-order valence-corrected chi connectivity index (χ0v) is 27.8. The maximum Gasteiger partial charge on any atom is 0.282 e. The van der Waals surface area contributed by atoms with Crippen molar-refractivity contribution in [2.45, 2.75) is 75.7 Å². The lowest BCUT2D eigenvalue weighted by atomic mass is 9.80. The van der Waals surface area contributed by atoms with Gasteiger partial charge in [-0.1, -0.05) is 42.0 Å². The van der Waals surface area contributed by atoms with Gasteiger partial charge in [-0.3, -0.25) is 9.69 Å². The Bertz CT molecular complexity index is 1390. The van der Waals surface area contributed by atoms with Crippen molar-refractivity contribution in [2.24, 2.45) is 16.8 Å². The summed E-state index contributed by atoms with van der Waals surface area (Å²) in [5.74, 6) is 0.532. The summed E-state index contributed by atoms with van der Waals surface area (Å²) in [5.41, 5.74) is 3.83. The van der Waals surface area contributed by atoms with E-state index in [1.54, 1.807) is 0 Å². The molecule has 0 N–H and O–H groups in total. The first-order valence-electron chi connectivity index (χ1n) is 15.7. The van der Waals surface area contributed by atoms with Crippen molar-refractivity contribution in [2.75, 3.05) is 33.3 Å². The van der Waals surface area contributed by atoms with Crippen molar-refractivity contribution in [1.29, 1.82) is 5.26 Å². The van der Waals surface area contributed by atoms with Gasteiger partial charge >= 0.3 is 0 Å². The molecule has 0 aromatic heterocycles. The Kier molecular flexibility index (Phi) is 10.5.